The standard InChI is InChI=1S/C24H21FN2O2S/c1-14-4-6-17(7-5-14)21(29)13-30-24-20(12-26)23(18-8-10-19(25)11-9-18)22(16(3)28)15(2)27-24/h4-11,20,23H,13H2,1-3H3/t20?,23-/m0/s1. The van der Waals surface area contributed by atoms with Crippen molar-refractivity contribution in [2.45, 2.75) is 26.7 Å². The number of carbonyl (C=O) groups excluding carboxylic acids is 2. The largest absolute Gasteiger partial charge is 0.295 e. The van der Waals surface area contributed by atoms with Gasteiger partial charge < -0.3 is 0 Å². The lowest BCUT2D eigenvalue weighted by Crippen LogP contribution is -2.28. The van der Waals surface area contributed by atoms with Gasteiger partial charge >= 0.3 is 0 Å². The van der Waals surface area contributed by atoms with E-state index in [2.05, 4.69) is 11.1 Å². The highest BCUT2D eigenvalue weighted by molar-refractivity contribution is 8.14. The van der Waals surface area contributed by atoms with E-state index < -0.39 is 11.8 Å². The van der Waals surface area contributed by atoms with Gasteiger partial charge in [0.15, 0.2) is 11.6 Å². The number of Topliss-reactive ketones (excluding diaryl/α,β-unsaturated/α-hetero) is 2. The van der Waals surface area contributed by atoms with Gasteiger partial charge in [0.2, 0.25) is 0 Å². The number of hydrogen-bond acceptors (Lipinski definition) is 5. The summed E-state index contributed by atoms with van der Waals surface area (Å²) in [6.07, 6.45) is 0. The topological polar surface area (TPSA) is 70.3 Å². The van der Waals surface area contributed by atoms with E-state index in [9.17, 15) is 19.2 Å². The van der Waals surface area contributed by atoms with Crippen molar-refractivity contribution in [1.82, 2.24) is 0 Å². The van der Waals surface area contributed by atoms with Crippen molar-refractivity contribution in [3.05, 3.63) is 82.3 Å². The van der Waals surface area contributed by atoms with E-state index in [0.29, 0.717) is 27.4 Å². The predicted octanol–water partition coefficient (Wildman–Crippen LogP) is 5.25. The Bertz CT molecular complexity index is 1080. The molecule has 0 spiro atoms. The number of benzene rings is 2. The normalized spacial score (nSPS) is 18.6. The zero-order valence-electron chi connectivity index (χ0n) is 17.0. The van der Waals surface area contributed by atoms with Crippen LogP contribution in [0.3, 0.4) is 0 Å². The number of rotatable bonds is 5. The van der Waals surface area contributed by atoms with Gasteiger partial charge in [-0.25, -0.2) is 9.38 Å². The van der Waals surface area contributed by atoms with Crippen LogP contribution in [0.5, 0.6) is 0 Å². The molecule has 0 amide bonds. The fourth-order valence-corrected chi connectivity index (χ4v) is 4.56. The van der Waals surface area contributed by atoms with E-state index in [1.54, 1.807) is 31.2 Å². The van der Waals surface area contributed by atoms with E-state index in [-0.39, 0.29) is 23.1 Å². The monoisotopic (exact) mass is 420 g/mol. The van der Waals surface area contributed by atoms with Gasteiger partial charge in [-0.1, -0.05) is 42.0 Å². The van der Waals surface area contributed by atoms with Crippen LogP contribution in [-0.2, 0) is 4.79 Å². The number of allylic oxidation sites excluding steroid dienone is 2. The molecule has 0 aliphatic carbocycles. The van der Waals surface area contributed by atoms with Crippen molar-refractivity contribution in [3.8, 4) is 6.07 Å². The average molecular weight is 421 g/mol. The summed E-state index contributed by atoms with van der Waals surface area (Å²) in [4.78, 5) is 29.4. The minimum atomic E-state index is -0.728. The van der Waals surface area contributed by atoms with Gasteiger partial charge in [0.1, 0.15) is 11.7 Å². The smallest absolute Gasteiger partial charge is 0.173 e. The van der Waals surface area contributed by atoms with Gasteiger partial charge in [0.05, 0.1) is 16.9 Å². The number of carbonyl (C=O) groups is 2. The van der Waals surface area contributed by atoms with Gasteiger partial charge in [-0.2, -0.15) is 5.26 Å². The van der Waals surface area contributed by atoms with E-state index in [0.717, 1.165) is 5.56 Å². The highest BCUT2D eigenvalue weighted by atomic mass is 32.2. The summed E-state index contributed by atoms with van der Waals surface area (Å²) in [6, 6.07) is 15.4. The van der Waals surface area contributed by atoms with Crippen LogP contribution < -0.4 is 0 Å². The van der Waals surface area contributed by atoms with Gasteiger partial charge in [0.25, 0.3) is 0 Å². The first kappa shape index (κ1) is 21.7. The Kier molecular flexibility index (Phi) is 6.63. The molecule has 1 unspecified atom stereocenters. The van der Waals surface area contributed by atoms with Crippen molar-refractivity contribution < 1.29 is 14.0 Å². The predicted molar refractivity (Wildman–Crippen MR) is 117 cm³/mol. The second kappa shape index (κ2) is 9.19. The lowest BCUT2D eigenvalue weighted by molar-refractivity contribution is -0.114. The second-order valence-corrected chi connectivity index (χ2v) is 8.21. The van der Waals surface area contributed by atoms with E-state index in [1.165, 1.54) is 30.8 Å². The number of thioether (sulfide) groups is 1. The Morgan fingerprint density at radius 2 is 1.73 bits per heavy atom. The summed E-state index contributed by atoms with van der Waals surface area (Å²) < 4.78 is 13.4. The van der Waals surface area contributed by atoms with Crippen LogP contribution in [0, 0.1) is 30.0 Å². The SMILES string of the molecule is CC(=O)C1=C(C)N=C(SCC(=O)c2ccc(C)cc2)C(C#N)[C@@H]1c1ccc(F)cc1. The molecule has 152 valence electrons. The highest BCUT2D eigenvalue weighted by Crippen LogP contribution is 2.41. The summed E-state index contributed by atoms with van der Waals surface area (Å²) in [5.74, 6) is -1.77. The van der Waals surface area contributed by atoms with Crippen LogP contribution in [0.4, 0.5) is 4.39 Å². The van der Waals surface area contributed by atoms with E-state index in [4.69, 9.17) is 0 Å². The van der Waals surface area contributed by atoms with Crippen molar-refractivity contribution >= 4 is 28.4 Å². The van der Waals surface area contributed by atoms with Crippen LogP contribution >= 0.6 is 11.8 Å². The summed E-state index contributed by atoms with van der Waals surface area (Å²) in [7, 11) is 0. The first-order valence-corrected chi connectivity index (χ1v) is 10.5. The lowest BCUT2D eigenvalue weighted by Gasteiger charge is -2.29. The second-order valence-electron chi connectivity index (χ2n) is 7.22. The molecular formula is C24H21FN2O2S. The molecule has 0 saturated heterocycles. The molecule has 0 N–H and O–H groups in total. The maximum atomic E-state index is 13.4. The van der Waals surface area contributed by atoms with Crippen molar-refractivity contribution in [1.29, 1.82) is 5.26 Å². The molecule has 0 aromatic heterocycles. The van der Waals surface area contributed by atoms with Gasteiger partial charge in [-0.05, 0) is 38.5 Å². The van der Waals surface area contributed by atoms with E-state index >= 15 is 0 Å². The summed E-state index contributed by atoms with van der Waals surface area (Å²) in [6.45, 7) is 5.12. The van der Waals surface area contributed by atoms with Crippen molar-refractivity contribution in [3.63, 3.8) is 0 Å². The molecule has 4 nitrogen and oxygen atoms in total. The number of nitriles is 1. The molecule has 0 fully saturated rings. The fourth-order valence-electron chi connectivity index (χ4n) is 3.55. The third-order valence-electron chi connectivity index (χ3n) is 5.05. The van der Waals surface area contributed by atoms with Gasteiger partial charge in [-0.15, -0.1) is 11.8 Å². The molecule has 30 heavy (non-hydrogen) atoms. The average Bonchev–Trinajstić information content (AvgIpc) is 2.72. The first-order valence-electron chi connectivity index (χ1n) is 9.50. The Morgan fingerprint density at radius 3 is 2.30 bits per heavy atom. The quantitative estimate of drug-likeness (QED) is 0.620. The third kappa shape index (κ3) is 4.58. The van der Waals surface area contributed by atoms with Crippen molar-refractivity contribution in [2.24, 2.45) is 10.9 Å². The Balaban J connectivity index is 1.92. The Morgan fingerprint density at radius 1 is 1.10 bits per heavy atom. The minimum absolute atomic E-state index is 0.0586. The number of aliphatic imine (C=N–C) groups is 1. The molecule has 0 saturated carbocycles. The third-order valence-corrected chi connectivity index (χ3v) is 6.10. The molecule has 2 aromatic carbocycles. The van der Waals surface area contributed by atoms with Crippen molar-refractivity contribution in [2.75, 3.05) is 5.75 Å². The number of aryl methyl sites for hydroxylation is 1. The maximum absolute atomic E-state index is 13.4. The molecule has 1 aliphatic rings. The summed E-state index contributed by atoms with van der Waals surface area (Å²) >= 11 is 1.21. The molecular weight excluding hydrogens is 399 g/mol. The van der Waals surface area contributed by atoms with E-state index in [1.807, 2.05) is 19.1 Å². The zero-order chi connectivity index (χ0) is 21.8. The molecule has 0 bridgehead atoms. The molecule has 1 aliphatic heterocycles. The van der Waals surface area contributed by atoms with Crippen LogP contribution in [0.2, 0.25) is 0 Å². The molecule has 2 atom stereocenters. The summed E-state index contributed by atoms with van der Waals surface area (Å²) in [5.41, 5.74) is 3.31. The van der Waals surface area contributed by atoms with Crippen LogP contribution in [-0.4, -0.2) is 22.4 Å². The number of hydrogen-bond donors (Lipinski definition) is 0. The van der Waals surface area contributed by atoms with Crippen LogP contribution in [0.25, 0.3) is 0 Å². The maximum Gasteiger partial charge on any atom is 0.173 e. The van der Waals surface area contributed by atoms with Gasteiger partial charge in [-0.3, -0.25) is 9.59 Å². The first-order chi connectivity index (χ1) is 14.3. The molecule has 0 radical (unpaired) electrons. The zero-order valence-corrected chi connectivity index (χ0v) is 17.8. The Labute approximate surface area is 179 Å². The number of nitrogens with zero attached hydrogens (tertiary/aromatic N) is 2. The highest BCUT2D eigenvalue weighted by Gasteiger charge is 2.37. The number of halogens is 1. The Hall–Kier alpha value is -3.04. The number of ketones is 2. The molecule has 6 heteroatoms. The lowest BCUT2D eigenvalue weighted by atomic mass is 9.77. The molecule has 2 aromatic rings. The van der Waals surface area contributed by atoms with Crippen LogP contribution in [0.15, 0.2) is 64.8 Å². The van der Waals surface area contributed by atoms with Crippen LogP contribution in [0.1, 0.15) is 41.3 Å². The summed E-state index contributed by atoms with van der Waals surface area (Å²) in [5, 5.41) is 10.4. The molecule has 3 rings (SSSR count). The fraction of sp³-hybridized carbons (Fsp3) is 0.250. The van der Waals surface area contributed by atoms with Gasteiger partial charge in [0, 0.05) is 22.8 Å². The molecule has 1 heterocycles. The minimum Gasteiger partial charge on any atom is -0.295 e.